The molecule has 1 saturated heterocycles. The lowest BCUT2D eigenvalue weighted by Crippen LogP contribution is -2.41. The molecule has 1 aliphatic rings. The Morgan fingerprint density at radius 3 is 2.17 bits per heavy atom. The van der Waals surface area contributed by atoms with E-state index in [1.165, 1.54) is 5.56 Å². The predicted octanol–water partition coefficient (Wildman–Crippen LogP) is 4.48. The first-order valence-corrected chi connectivity index (χ1v) is 10.7. The Bertz CT molecular complexity index is 708. The lowest BCUT2D eigenvalue weighted by Gasteiger charge is -2.32. The van der Waals surface area contributed by atoms with Crippen LogP contribution in [0.25, 0.3) is 0 Å². The zero-order valence-electron chi connectivity index (χ0n) is 19.7. The van der Waals surface area contributed by atoms with Gasteiger partial charge in [-0.15, -0.1) is 0 Å². The molecule has 0 N–H and O–H groups in total. The first-order chi connectivity index (χ1) is 13.3. The molecule has 162 valence electrons. The van der Waals surface area contributed by atoms with Gasteiger partial charge in [-0.25, -0.2) is 4.79 Å². The zero-order valence-corrected chi connectivity index (χ0v) is 19.7. The number of carbonyl (C=O) groups excluding carboxylic acids is 1. The molecule has 1 aromatic rings. The van der Waals surface area contributed by atoms with Crippen molar-refractivity contribution in [2.45, 2.75) is 92.0 Å². The highest BCUT2D eigenvalue weighted by molar-refractivity contribution is 6.62. The van der Waals surface area contributed by atoms with Gasteiger partial charge >= 0.3 is 13.2 Å². The molecule has 0 spiro atoms. The molecule has 0 radical (unpaired) electrons. The summed E-state index contributed by atoms with van der Waals surface area (Å²) in [6.45, 7) is 19.4. The molecule has 29 heavy (non-hydrogen) atoms. The van der Waals surface area contributed by atoms with Crippen LogP contribution in [-0.4, -0.2) is 48.0 Å². The van der Waals surface area contributed by atoms with E-state index in [1.54, 1.807) is 4.90 Å². The van der Waals surface area contributed by atoms with E-state index in [9.17, 15) is 4.79 Å². The smallest absolute Gasteiger partial charge is 0.444 e. The average Bonchev–Trinajstić information content (AvgIpc) is 2.77. The summed E-state index contributed by atoms with van der Waals surface area (Å²) in [6.07, 6.45) is 1.44. The Labute approximate surface area is 177 Å². The van der Waals surface area contributed by atoms with Crippen molar-refractivity contribution in [2.24, 2.45) is 0 Å². The molecule has 5 nitrogen and oxygen atoms in total. The lowest BCUT2D eigenvalue weighted by atomic mass is 9.75. The van der Waals surface area contributed by atoms with E-state index in [2.05, 4.69) is 59.7 Å². The number of amides is 1. The second-order valence-corrected chi connectivity index (χ2v) is 10.00. The molecule has 2 rings (SSSR count). The number of hydrogen-bond acceptors (Lipinski definition) is 4. The quantitative estimate of drug-likeness (QED) is 0.657. The van der Waals surface area contributed by atoms with Crippen LogP contribution in [0.2, 0.25) is 0 Å². The highest BCUT2D eigenvalue weighted by atomic mass is 16.7. The van der Waals surface area contributed by atoms with Crippen molar-refractivity contribution in [1.82, 2.24) is 4.90 Å². The summed E-state index contributed by atoms with van der Waals surface area (Å²) in [6, 6.07) is 6.36. The summed E-state index contributed by atoms with van der Waals surface area (Å²) < 4.78 is 17.9. The number of ether oxygens (including phenoxy) is 1. The maximum Gasteiger partial charge on any atom is 0.495 e. The van der Waals surface area contributed by atoms with Gasteiger partial charge in [-0.05, 0) is 79.3 Å². The number of nitrogens with zero attached hydrogens (tertiary/aromatic N) is 1. The van der Waals surface area contributed by atoms with Gasteiger partial charge in [0.1, 0.15) is 5.60 Å². The third-order valence-electron chi connectivity index (χ3n) is 5.66. The summed E-state index contributed by atoms with van der Waals surface area (Å²) >= 11 is 0. The van der Waals surface area contributed by atoms with Crippen LogP contribution in [0.5, 0.6) is 0 Å². The number of aryl methyl sites for hydroxylation is 1. The normalized spacial score (nSPS) is 18.0. The molecule has 1 heterocycles. The van der Waals surface area contributed by atoms with Crippen LogP contribution in [0.3, 0.4) is 0 Å². The van der Waals surface area contributed by atoms with Crippen LogP contribution in [0.4, 0.5) is 4.79 Å². The summed E-state index contributed by atoms with van der Waals surface area (Å²) in [5.74, 6) is 0. The second-order valence-electron chi connectivity index (χ2n) is 10.00. The van der Waals surface area contributed by atoms with E-state index in [-0.39, 0.29) is 24.4 Å². The van der Waals surface area contributed by atoms with E-state index in [4.69, 9.17) is 14.0 Å². The first kappa shape index (κ1) is 23.8. The van der Waals surface area contributed by atoms with Crippen molar-refractivity contribution in [1.29, 1.82) is 0 Å². The standard InChI is InChI=1S/C23H38BNO4/c1-10-14-25(20(26)27-21(3,4)5)15-13-18-11-12-19(17(2)16-18)24-28-22(6,7)23(8,9)29-24/h11-12,16H,10,13-15H2,1-9H3. The van der Waals surface area contributed by atoms with Crippen LogP contribution in [0.1, 0.15) is 72.9 Å². The summed E-state index contributed by atoms with van der Waals surface area (Å²) in [4.78, 5) is 14.3. The minimum Gasteiger partial charge on any atom is -0.444 e. The van der Waals surface area contributed by atoms with Crippen molar-refractivity contribution in [3.05, 3.63) is 29.3 Å². The highest BCUT2D eigenvalue weighted by Crippen LogP contribution is 2.36. The van der Waals surface area contributed by atoms with Gasteiger partial charge in [-0.3, -0.25) is 0 Å². The fourth-order valence-corrected chi connectivity index (χ4v) is 3.28. The van der Waals surface area contributed by atoms with Gasteiger partial charge in [-0.2, -0.15) is 0 Å². The van der Waals surface area contributed by atoms with Crippen molar-refractivity contribution < 1.29 is 18.8 Å². The summed E-state index contributed by atoms with van der Waals surface area (Å²) in [5, 5.41) is 0. The van der Waals surface area contributed by atoms with Gasteiger partial charge in [0.15, 0.2) is 0 Å². The Balaban J connectivity index is 2.05. The highest BCUT2D eigenvalue weighted by Gasteiger charge is 2.52. The van der Waals surface area contributed by atoms with Gasteiger partial charge in [0, 0.05) is 13.1 Å². The molecular formula is C23H38BNO4. The SMILES string of the molecule is CCCN(CCc1ccc(B2OC(C)(C)C(C)(C)O2)c(C)c1)C(=O)OC(C)(C)C. The molecule has 1 aliphatic heterocycles. The van der Waals surface area contributed by atoms with E-state index in [0.717, 1.165) is 23.9 Å². The lowest BCUT2D eigenvalue weighted by molar-refractivity contribution is 0.00578. The van der Waals surface area contributed by atoms with Crippen LogP contribution < -0.4 is 5.46 Å². The molecule has 0 unspecified atom stereocenters. The van der Waals surface area contributed by atoms with Crippen molar-refractivity contribution in [3.63, 3.8) is 0 Å². The molecule has 0 bridgehead atoms. The minimum atomic E-state index is -0.482. The molecule has 0 aliphatic carbocycles. The zero-order chi connectivity index (χ0) is 22.0. The van der Waals surface area contributed by atoms with Gasteiger partial charge in [0.05, 0.1) is 11.2 Å². The maximum atomic E-state index is 12.5. The van der Waals surface area contributed by atoms with E-state index < -0.39 is 5.60 Å². The van der Waals surface area contributed by atoms with Gasteiger partial charge < -0.3 is 18.9 Å². The molecule has 1 amide bonds. The van der Waals surface area contributed by atoms with Gasteiger partial charge in [0.25, 0.3) is 0 Å². The Kier molecular flexibility index (Phi) is 7.11. The van der Waals surface area contributed by atoms with Crippen LogP contribution >= 0.6 is 0 Å². The van der Waals surface area contributed by atoms with Crippen molar-refractivity contribution >= 4 is 18.7 Å². The van der Waals surface area contributed by atoms with Crippen LogP contribution in [0.15, 0.2) is 18.2 Å². The molecule has 6 heteroatoms. The van der Waals surface area contributed by atoms with Crippen LogP contribution in [-0.2, 0) is 20.5 Å². The largest absolute Gasteiger partial charge is 0.495 e. The first-order valence-electron chi connectivity index (χ1n) is 10.7. The van der Waals surface area contributed by atoms with E-state index >= 15 is 0 Å². The number of hydrogen-bond donors (Lipinski definition) is 0. The molecule has 0 aromatic heterocycles. The Morgan fingerprint density at radius 2 is 1.69 bits per heavy atom. The monoisotopic (exact) mass is 403 g/mol. The third kappa shape index (κ3) is 5.99. The predicted molar refractivity (Wildman–Crippen MR) is 119 cm³/mol. The third-order valence-corrected chi connectivity index (χ3v) is 5.66. The number of benzene rings is 1. The van der Waals surface area contributed by atoms with Crippen molar-refractivity contribution in [2.75, 3.05) is 13.1 Å². The second kappa shape index (κ2) is 8.69. The number of rotatable bonds is 6. The Hall–Kier alpha value is -1.53. The van der Waals surface area contributed by atoms with Crippen LogP contribution in [0, 0.1) is 6.92 Å². The maximum absolute atomic E-state index is 12.5. The van der Waals surface area contributed by atoms with Gasteiger partial charge in [-0.1, -0.05) is 30.7 Å². The van der Waals surface area contributed by atoms with E-state index in [0.29, 0.717) is 13.1 Å². The molecular weight excluding hydrogens is 365 g/mol. The van der Waals surface area contributed by atoms with E-state index in [1.807, 2.05) is 20.8 Å². The molecule has 1 aromatic carbocycles. The minimum absolute atomic E-state index is 0.245. The fraction of sp³-hybridized carbons (Fsp3) is 0.696. The molecule has 1 fully saturated rings. The number of carbonyl (C=O) groups is 1. The summed E-state index contributed by atoms with van der Waals surface area (Å²) in [7, 11) is -0.354. The van der Waals surface area contributed by atoms with Gasteiger partial charge in [0.2, 0.25) is 0 Å². The average molecular weight is 403 g/mol. The molecule has 0 atom stereocenters. The Morgan fingerprint density at radius 1 is 1.10 bits per heavy atom. The molecule has 0 saturated carbocycles. The fourth-order valence-electron chi connectivity index (χ4n) is 3.28. The summed E-state index contributed by atoms with van der Waals surface area (Å²) in [5.41, 5.74) is 2.20. The van der Waals surface area contributed by atoms with Crippen molar-refractivity contribution in [3.8, 4) is 0 Å². The topological polar surface area (TPSA) is 48.0 Å².